The van der Waals surface area contributed by atoms with Gasteiger partial charge in [-0.3, -0.25) is 4.79 Å². The number of nitrogens with zero attached hydrogens (tertiary/aromatic N) is 1. The molecule has 128 valence electrons. The van der Waals surface area contributed by atoms with Crippen molar-refractivity contribution in [1.29, 1.82) is 5.26 Å². The maximum Gasteiger partial charge on any atom is 0.225 e. The van der Waals surface area contributed by atoms with Crippen LogP contribution in [0.5, 0.6) is 5.75 Å². The zero-order valence-corrected chi connectivity index (χ0v) is 14.5. The van der Waals surface area contributed by atoms with E-state index in [9.17, 15) is 4.79 Å². The third-order valence-electron chi connectivity index (χ3n) is 5.07. The van der Waals surface area contributed by atoms with Crippen LogP contribution in [-0.2, 0) is 4.79 Å². The van der Waals surface area contributed by atoms with E-state index in [0.717, 1.165) is 31.4 Å². The molecule has 0 radical (unpaired) electrons. The number of ether oxygens (including phenoxy) is 1. The number of rotatable bonds is 4. The number of hydrogen-bond acceptors (Lipinski definition) is 4. The van der Waals surface area contributed by atoms with E-state index in [1.54, 1.807) is 19.2 Å². The summed E-state index contributed by atoms with van der Waals surface area (Å²) in [5.74, 6) is 1.12. The number of methoxy groups -OCH3 is 1. The summed E-state index contributed by atoms with van der Waals surface area (Å²) in [6.07, 6.45) is 3.80. The van der Waals surface area contributed by atoms with E-state index in [-0.39, 0.29) is 23.2 Å². The van der Waals surface area contributed by atoms with Crippen molar-refractivity contribution in [3.8, 4) is 11.8 Å². The van der Waals surface area contributed by atoms with Crippen LogP contribution in [0.1, 0.15) is 31.2 Å². The van der Waals surface area contributed by atoms with Crippen molar-refractivity contribution in [2.24, 2.45) is 11.8 Å². The van der Waals surface area contributed by atoms with Crippen LogP contribution >= 0.6 is 11.6 Å². The smallest absolute Gasteiger partial charge is 0.225 e. The molecule has 3 rings (SSSR count). The molecule has 5 nitrogen and oxygen atoms in total. The lowest BCUT2D eigenvalue weighted by molar-refractivity contribution is -0.129. The van der Waals surface area contributed by atoms with Crippen molar-refractivity contribution >= 4 is 23.2 Å². The van der Waals surface area contributed by atoms with Gasteiger partial charge < -0.3 is 15.4 Å². The van der Waals surface area contributed by atoms with E-state index in [0.29, 0.717) is 23.8 Å². The Kier molecular flexibility index (Phi) is 5.15. The quantitative estimate of drug-likeness (QED) is 0.821. The predicted octanol–water partition coefficient (Wildman–Crippen LogP) is 2.89. The van der Waals surface area contributed by atoms with E-state index in [1.165, 1.54) is 0 Å². The monoisotopic (exact) mass is 347 g/mol. The summed E-state index contributed by atoms with van der Waals surface area (Å²) in [6.45, 7) is 0.546. The fourth-order valence-electron chi connectivity index (χ4n) is 3.75. The molecule has 2 fully saturated rings. The molecule has 2 N–H and O–H groups in total. The second-order valence-electron chi connectivity index (χ2n) is 6.63. The molecule has 2 aliphatic rings. The van der Waals surface area contributed by atoms with Crippen molar-refractivity contribution in [3.63, 3.8) is 0 Å². The number of nitriles is 1. The molecule has 1 aromatic carbocycles. The molecule has 0 bridgehead atoms. The van der Waals surface area contributed by atoms with Crippen LogP contribution in [0.15, 0.2) is 18.2 Å². The van der Waals surface area contributed by atoms with E-state index < -0.39 is 0 Å². The van der Waals surface area contributed by atoms with Gasteiger partial charge in [0.05, 0.1) is 30.3 Å². The zero-order valence-electron chi connectivity index (χ0n) is 13.7. The summed E-state index contributed by atoms with van der Waals surface area (Å²) >= 11 is 6.29. The van der Waals surface area contributed by atoms with Gasteiger partial charge in [-0.15, -0.1) is 11.6 Å². The predicted molar refractivity (Wildman–Crippen MR) is 93.2 cm³/mol. The molecule has 0 aromatic heterocycles. The fourth-order valence-corrected chi connectivity index (χ4v) is 4.10. The maximum absolute atomic E-state index is 12.3. The van der Waals surface area contributed by atoms with Crippen LogP contribution in [0.2, 0.25) is 0 Å². The van der Waals surface area contributed by atoms with Crippen LogP contribution in [0.25, 0.3) is 0 Å². The number of carbonyl (C=O) groups is 1. The number of benzene rings is 1. The third kappa shape index (κ3) is 3.59. The lowest BCUT2D eigenvalue weighted by atomic mass is 9.75. The lowest BCUT2D eigenvalue weighted by Crippen LogP contribution is -2.53. The molecule has 1 amide bonds. The Balaban J connectivity index is 1.64. The van der Waals surface area contributed by atoms with Crippen LogP contribution in [0.3, 0.4) is 0 Å². The van der Waals surface area contributed by atoms with Crippen LogP contribution in [0.4, 0.5) is 5.69 Å². The van der Waals surface area contributed by atoms with Gasteiger partial charge in [0, 0.05) is 24.0 Å². The molecule has 4 atom stereocenters. The minimum Gasteiger partial charge on any atom is -0.495 e. The number of nitrogens with one attached hydrogen (secondary N) is 2. The van der Waals surface area contributed by atoms with Crippen molar-refractivity contribution in [2.75, 3.05) is 19.0 Å². The lowest BCUT2D eigenvalue weighted by Gasteiger charge is -2.41. The Morgan fingerprint density at radius 3 is 3.00 bits per heavy atom. The molecule has 1 saturated carbocycles. The highest BCUT2D eigenvalue weighted by molar-refractivity contribution is 6.20. The van der Waals surface area contributed by atoms with Gasteiger partial charge in [0.25, 0.3) is 0 Å². The van der Waals surface area contributed by atoms with Gasteiger partial charge in [-0.25, -0.2) is 0 Å². The summed E-state index contributed by atoms with van der Waals surface area (Å²) < 4.78 is 5.32. The largest absolute Gasteiger partial charge is 0.495 e. The summed E-state index contributed by atoms with van der Waals surface area (Å²) in [6, 6.07) is 7.62. The van der Waals surface area contributed by atoms with Gasteiger partial charge in [-0.2, -0.15) is 5.26 Å². The molecular formula is C18H22ClN3O2. The molecule has 6 heteroatoms. The average molecular weight is 348 g/mol. The van der Waals surface area contributed by atoms with Crippen molar-refractivity contribution in [2.45, 2.75) is 37.1 Å². The van der Waals surface area contributed by atoms with E-state index in [4.69, 9.17) is 21.6 Å². The molecule has 1 aliphatic heterocycles. The summed E-state index contributed by atoms with van der Waals surface area (Å²) in [4.78, 5) is 12.3. The highest BCUT2D eigenvalue weighted by Crippen LogP contribution is 2.36. The fraction of sp³-hybridized carbons (Fsp3) is 0.556. The zero-order chi connectivity index (χ0) is 17.1. The van der Waals surface area contributed by atoms with Gasteiger partial charge in [-0.1, -0.05) is 0 Å². The van der Waals surface area contributed by atoms with Crippen LogP contribution in [0, 0.1) is 23.2 Å². The first-order chi connectivity index (χ1) is 11.6. The number of fused-ring (bicyclic) bond motifs is 1. The van der Waals surface area contributed by atoms with Gasteiger partial charge in [0.2, 0.25) is 5.91 Å². The molecule has 1 saturated heterocycles. The van der Waals surface area contributed by atoms with Crippen molar-refractivity contribution in [3.05, 3.63) is 23.8 Å². The van der Waals surface area contributed by atoms with Gasteiger partial charge in [0.1, 0.15) is 5.75 Å². The number of halogens is 1. The molecule has 1 aromatic rings. The highest BCUT2D eigenvalue weighted by atomic mass is 35.5. The Hall–Kier alpha value is -1.93. The first-order valence-corrected chi connectivity index (χ1v) is 8.80. The topological polar surface area (TPSA) is 74.2 Å². The second kappa shape index (κ2) is 7.31. The van der Waals surface area contributed by atoms with E-state index >= 15 is 0 Å². The summed E-state index contributed by atoms with van der Waals surface area (Å²) in [5.41, 5.74) is 1.34. The molecular weight excluding hydrogens is 326 g/mol. The van der Waals surface area contributed by atoms with Crippen molar-refractivity contribution < 1.29 is 9.53 Å². The number of anilines is 1. The SMILES string of the molecule is COc1cc(C#N)ccc1NCC1CC2CC(Cl)CCC2NC1=O. The minimum atomic E-state index is -0.0754. The summed E-state index contributed by atoms with van der Waals surface area (Å²) in [5, 5.41) is 15.6. The molecule has 0 spiro atoms. The Labute approximate surface area is 147 Å². The van der Waals surface area contributed by atoms with Crippen molar-refractivity contribution in [1.82, 2.24) is 5.32 Å². The Morgan fingerprint density at radius 1 is 1.42 bits per heavy atom. The average Bonchev–Trinajstić information content (AvgIpc) is 2.60. The normalized spacial score (nSPS) is 29.1. The van der Waals surface area contributed by atoms with Gasteiger partial charge in [-0.05, 0) is 43.7 Å². The van der Waals surface area contributed by atoms with Crippen LogP contribution < -0.4 is 15.4 Å². The van der Waals surface area contributed by atoms with E-state index in [1.807, 2.05) is 6.07 Å². The minimum absolute atomic E-state index is 0.0754. The van der Waals surface area contributed by atoms with Gasteiger partial charge >= 0.3 is 0 Å². The van der Waals surface area contributed by atoms with E-state index in [2.05, 4.69) is 16.7 Å². The molecule has 4 unspecified atom stereocenters. The first-order valence-electron chi connectivity index (χ1n) is 8.37. The molecule has 24 heavy (non-hydrogen) atoms. The highest BCUT2D eigenvalue weighted by Gasteiger charge is 2.38. The number of hydrogen-bond donors (Lipinski definition) is 2. The Morgan fingerprint density at radius 2 is 2.25 bits per heavy atom. The summed E-state index contributed by atoms with van der Waals surface area (Å²) in [7, 11) is 1.57. The number of piperidine rings is 1. The number of alkyl halides is 1. The molecule has 1 heterocycles. The second-order valence-corrected chi connectivity index (χ2v) is 7.24. The first kappa shape index (κ1) is 16.9. The standard InChI is InChI=1S/C18H22ClN3O2/c1-24-17-6-11(9-20)2-4-16(17)21-10-13-7-12-8-14(19)3-5-15(12)22-18(13)23/h2,4,6,12-15,21H,3,5,7-8,10H2,1H3,(H,22,23). The Bertz CT molecular complexity index is 658. The van der Waals surface area contributed by atoms with Crippen LogP contribution in [-0.4, -0.2) is 31.0 Å². The van der Waals surface area contributed by atoms with Gasteiger partial charge in [0.15, 0.2) is 0 Å². The third-order valence-corrected chi connectivity index (χ3v) is 5.47. The molecule has 1 aliphatic carbocycles. The number of carbonyl (C=O) groups excluding carboxylic acids is 1. The number of amides is 1. The maximum atomic E-state index is 12.3.